The number of amides is 4. The van der Waals surface area contributed by atoms with E-state index in [-0.39, 0.29) is 76.6 Å². The highest BCUT2D eigenvalue weighted by molar-refractivity contribution is 6.43. The summed E-state index contributed by atoms with van der Waals surface area (Å²) in [5.41, 5.74) is -3.83. The van der Waals surface area contributed by atoms with Gasteiger partial charge in [-0.15, -0.1) is 0 Å². The zero-order valence-electron chi connectivity index (χ0n) is 29.5. The van der Waals surface area contributed by atoms with Crippen LogP contribution < -0.4 is 0 Å². The quantitative estimate of drug-likeness (QED) is 0.0317. The number of imide groups is 2. The number of carbonyl (C=O) groups is 4. The summed E-state index contributed by atoms with van der Waals surface area (Å²) in [4.78, 5) is 60.5. The number of hydrogen-bond donors (Lipinski definition) is 0. The Morgan fingerprint density at radius 2 is 0.867 bits per heavy atom. The lowest BCUT2D eigenvalue weighted by Gasteiger charge is -2.31. The predicted octanol–water partition coefficient (Wildman–Crippen LogP) is 9.23. The van der Waals surface area contributed by atoms with E-state index >= 15 is 0 Å². The monoisotopic (exact) mass is 828 g/mol. The Kier molecular flexibility index (Phi) is 8.19. The predicted molar refractivity (Wildman–Crippen MR) is 189 cm³/mol. The molecule has 2 aliphatic rings. The lowest BCUT2D eigenvalue weighted by Crippen LogP contribution is -2.42. The van der Waals surface area contributed by atoms with Crippen molar-refractivity contribution in [1.82, 2.24) is 9.80 Å². The van der Waals surface area contributed by atoms with Crippen molar-refractivity contribution >= 4 is 72.4 Å². The number of nitriles is 1. The van der Waals surface area contributed by atoms with Crippen LogP contribution >= 0.6 is 0 Å². The number of benzene rings is 7. The van der Waals surface area contributed by atoms with E-state index in [9.17, 15) is 68.3 Å². The number of carbonyl (C=O) groups excluding carboxylic acids is 4. The van der Waals surface area contributed by atoms with Crippen molar-refractivity contribution in [1.29, 1.82) is 5.26 Å². The summed E-state index contributed by atoms with van der Waals surface area (Å²) in [6.45, 7) is 6.39. The maximum absolute atomic E-state index is 14.5. The Balaban J connectivity index is 1.20. The summed E-state index contributed by atoms with van der Waals surface area (Å²) in [6, 6.07) is 9.49. The zero-order chi connectivity index (χ0) is 43.0. The number of nitrogens with zero attached hydrogens (tertiary/aromatic N) is 4. The van der Waals surface area contributed by atoms with E-state index < -0.39 is 119 Å². The molecule has 0 N–H and O–H groups in total. The second-order valence-electron chi connectivity index (χ2n) is 13.8. The molecule has 8 nitrogen and oxygen atoms in total. The van der Waals surface area contributed by atoms with Gasteiger partial charge in [0.15, 0.2) is 52.2 Å². The first-order chi connectivity index (χ1) is 28.5. The normalized spacial score (nSPS) is 13.8. The number of halogens is 10. The van der Waals surface area contributed by atoms with E-state index in [4.69, 9.17) is 6.57 Å². The number of rotatable bonds is 6. The van der Waals surface area contributed by atoms with Crippen LogP contribution in [0, 0.1) is 76.1 Å². The Bertz CT molecular complexity index is 3160. The summed E-state index contributed by atoms with van der Waals surface area (Å²) < 4.78 is 141. The highest BCUT2D eigenvalue weighted by atomic mass is 19.2. The summed E-state index contributed by atoms with van der Waals surface area (Å²) in [5, 5.41) is 11.3. The van der Waals surface area contributed by atoms with Gasteiger partial charge in [0.05, 0.1) is 18.2 Å². The minimum Gasteiger partial charge on any atom is -0.274 e. The van der Waals surface area contributed by atoms with Gasteiger partial charge in [0.1, 0.15) is 0 Å². The van der Waals surface area contributed by atoms with E-state index in [1.165, 1.54) is 24.3 Å². The molecular weight excluding hydrogens is 814 g/mol. The van der Waals surface area contributed by atoms with Crippen molar-refractivity contribution in [2.75, 3.05) is 13.1 Å². The van der Waals surface area contributed by atoms with Gasteiger partial charge in [-0.3, -0.25) is 29.0 Å². The molecule has 0 saturated carbocycles. The van der Waals surface area contributed by atoms with E-state index in [1.807, 2.05) is 6.07 Å². The minimum absolute atomic E-state index is 0.0257. The topological polar surface area (TPSA) is 103 Å². The van der Waals surface area contributed by atoms with E-state index in [0.29, 0.717) is 9.80 Å². The highest BCUT2D eigenvalue weighted by Crippen LogP contribution is 2.50. The number of fused-ring (bicyclic) bond motifs is 2. The van der Waals surface area contributed by atoms with Crippen LogP contribution in [0.4, 0.5) is 49.6 Å². The lowest BCUT2D eigenvalue weighted by molar-refractivity contribution is 0.0596. The molecule has 60 heavy (non-hydrogen) atoms. The summed E-state index contributed by atoms with van der Waals surface area (Å²) in [5.74, 6) is -26.5. The van der Waals surface area contributed by atoms with E-state index in [0.717, 1.165) is 12.1 Å². The van der Waals surface area contributed by atoms with Gasteiger partial charge in [-0.05, 0) is 64.0 Å². The van der Waals surface area contributed by atoms with Gasteiger partial charge in [-0.25, -0.2) is 48.7 Å². The van der Waals surface area contributed by atoms with Gasteiger partial charge in [0.25, 0.3) is 23.6 Å². The molecule has 2 aliphatic heterocycles. The van der Waals surface area contributed by atoms with E-state index in [1.54, 1.807) is 0 Å². The molecule has 0 spiro atoms. The Morgan fingerprint density at radius 1 is 0.483 bits per heavy atom. The van der Waals surface area contributed by atoms with Gasteiger partial charge in [0.2, 0.25) is 11.6 Å². The number of hydrogen-bond acceptors (Lipinski definition) is 5. The minimum atomic E-state index is -2.41. The van der Waals surface area contributed by atoms with E-state index in [2.05, 4.69) is 4.85 Å². The smallest absolute Gasteiger partial charge is 0.261 e. The first kappa shape index (κ1) is 37.9. The van der Waals surface area contributed by atoms with Gasteiger partial charge < -0.3 is 0 Å². The molecule has 7 aromatic rings. The van der Waals surface area contributed by atoms with Crippen LogP contribution in [0.3, 0.4) is 0 Å². The summed E-state index contributed by atoms with van der Waals surface area (Å²) in [6.07, 6.45) is -1.96. The van der Waals surface area contributed by atoms with Crippen molar-refractivity contribution < 1.29 is 63.1 Å². The lowest BCUT2D eigenvalue weighted by atomic mass is 9.80. The van der Waals surface area contributed by atoms with Crippen LogP contribution in [0.2, 0.25) is 0 Å². The largest absolute Gasteiger partial charge is 0.274 e. The van der Waals surface area contributed by atoms with Crippen molar-refractivity contribution in [2.24, 2.45) is 0 Å². The third kappa shape index (κ3) is 4.78. The van der Waals surface area contributed by atoms with Gasteiger partial charge >= 0.3 is 0 Å². The first-order valence-electron chi connectivity index (χ1n) is 17.3. The Labute approximate surface area is 327 Å². The van der Waals surface area contributed by atoms with Crippen molar-refractivity contribution in [3.8, 4) is 6.07 Å². The zero-order valence-corrected chi connectivity index (χ0v) is 29.5. The maximum atomic E-state index is 14.5. The molecule has 0 saturated heterocycles. The van der Waals surface area contributed by atoms with Crippen LogP contribution in [0.15, 0.2) is 36.4 Å². The van der Waals surface area contributed by atoms with Crippen LogP contribution in [0.1, 0.15) is 58.1 Å². The van der Waals surface area contributed by atoms with Crippen LogP contribution in [-0.2, 0) is 12.8 Å². The summed E-state index contributed by atoms with van der Waals surface area (Å²) >= 11 is 0. The molecule has 0 aromatic heterocycles. The molecule has 0 fully saturated rings. The molecule has 0 aliphatic carbocycles. The molecule has 2 heterocycles. The average molecular weight is 829 g/mol. The van der Waals surface area contributed by atoms with Crippen molar-refractivity contribution in [3.63, 3.8) is 0 Å². The van der Waals surface area contributed by atoms with Crippen LogP contribution in [0.5, 0.6) is 0 Å². The summed E-state index contributed by atoms with van der Waals surface area (Å²) in [7, 11) is 0. The Morgan fingerprint density at radius 3 is 1.30 bits per heavy atom. The molecule has 296 valence electrons. The van der Waals surface area contributed by atoms with Crippen LogP contribution in [0.25, 0.3) is 47.9 Å². The molecule has 0 unspecified atom stereocenters. The average Bonchev–Trinajstić information content (AvgIpc) is 3.25. The van der Waals surface area contributed by atoms with Gasteiger partial charge in [-0.2, -0.15) is 5.26 Å². The fourth-order valence-corrected chi connectivity index (χ4v) is 8.32. The third-order valence-corrected chi connectivity index (χ3v) is 11.0. The van der Waals surface area contributed by atoms with Gasteiger partial charge in [0, 0.05) is 62.6 Å². The molecule has 0 bridgehead atoms. The molecule has 7 aromatic carbocycles. The molecule has 18 heteroatoms. The Hall–Kier alpha value is -7.60. The fourth-order valence-electron chi connectivity index (χ4n) is 8.32. The first-order valence-corrected chi connectivity index (χ1v) is 17.3. The van der Waals surface area contributed by atoms with Gasteiger partial charge in [-0.1, -0.05) is 12.1 Å². The SMILES string of the molecule is [C-]#[N+]c1cc2c3c(cc(C#N)c4c5ccc6c7c(ccc(c1c34)c75)C(=O)N(CCc1c(F)c(F)c(F)c(F)c1F)C6=O)C(=O)N(CCc1c(F)c(F)c(F)c(F)c1F)C2=O. The molecule has 0 radical (unpaired) electrons. The van der Waals surface area contributed by atoms with Crippen molar-refractivity contribution in [2.45, 2.75) is 12.8 Å². The molecule has 9 rings (SSSR count). The van der Waals surface area contributed by atoms with Crippen molar-refractivity contribution in [3.05, 3.63) is 145 Å². The highest BCUT2D eigenvalue weighted by Gasteiger charge is 2.39. The second kappa shape index (κ2) is 13.0. The second-order valence-corrected chi connectivity index (χ2v) is 13.8. The standard InChI is InChI=1S/C42H14F10N4O4/c1-54-22-11-21-26-20(41(59)56(42(21)60)9-7-19-31(45)35(49)38(52)36(50)32(19)46)10-13(12-53)23-14-2-4-16-25-17(5-3-15(24(14)25)27(22)28(23)26)40(58)55(39(16)57)8-6-18-29(43)33(47)37(51)34(48)30(18)44/h2-5,10-11H,6-9H2. The van der Waals surface area contributed by atoms with Crippen LogP contribution in [-0.4, -0.2) is 46.5 Å². The maximum Gasteiger partial charge on any atom is 0.261 e. The fraction of sp³-hybridized carbons (Fsp3) is 0.0952. The molecular formula is C42H14F10N4O4. The molecule has 0 atom stereocenters. The third-order valence-electron chi connectivity index (χ3n) is 11.0. The molecule has 4 amide bonds.